The Balaban J connectivity index is 2.40. The molecular formula is C15H14O2S. The van der Waals surface area contributed by atoms with Gasteiger partial charge in [0.15, 0.2) is 0 Å². The Morgan fingerprint density at radius 1 is 0.889 bits per heavy atom. The molecule has 0 aromatic heterocycles. The summed E-state index contributed by atoms with van der Waals surface area (Å²) < 4.78 is 25.1. The average molecular weight is 258 g/mol. The van der Waals surface area contributed by atoms with Gasteiger partial charge in [-0.15, -0.1) is 0 Å². The minimum Gasteiger partial charge on any atom is -0.218 e. The SMILES string of the molecule is CCC1c2ccccc2S(=O)(=O)c2ccccc21. The van der Waals surface area contributed by atoms with Crippen molar-refractivity contribution in [3.8, 4) is 0 Å². The first kappa shape index (κ1) is 11.5. The minimum absolute atomic E-state index is 0.181. The summed E-state index contributed by atoms with van der Waals surface area (Å²) in [5.74, 6) is 0.181. The van der Waals surface area contributed by atoms with Gasteiger partial charge in [-0.3, -0.25) is 0 Å². The van der Waals surface area contributed by atoms with E-state index in [0.717, 1.165) is 17.5 Å². The molecule has 0 fully saturated rings. The molecule has 2 aromatic carbocycles. The molecule has 3 heteroatoms. The van der Waals surface area contributed by atoms with Crippen molar-refractivity contribution >= 4 is 9.84 Å². The lowest BCUT2D eigenvalue weighted by molar-refractivity contribution is 0.584. The number of hydrogen-bond acceptors (Lipinski definition) is 2. The van der Waals surface area contributed by atoms with Crippen molar-refractivity contribution < 1.29 is 8.42 Å². The van der Waals surface area contributed by atoms with Gasteiger partial charge >= 0.3 is 0 Å². The number of rotatable bonds is 1. The molecule has 0 aliphatic carbocycles. The maximum atomic E-state index is 12.6. The highest BCUT2D eigenvalue weighted by atomic mass is 32.2. The largest absolute Gasteiger partial charge is 0.218 e. The number of hydrogen-bond donors (Lipinski definition) is 0. The highest BCUT2D eigenvalue weighted by Crippen LogP contribution is 2.42. The molecule has 18 heavy (non-hydrogen) atoms. The van der Waals surface area contributed by atoms with Crippen LogP contribution < -0.4 is 0 Å². The molecule has 0 bridgehead atoms. The minimum atomic E-state index is -3.34. The van der Waals surface area contributed by atoms with Gasteiger partial charge in [0.2, 0.25) is 9.84 Å². The first-order valence-corrected chi connectivity index (χ1v) is 7.57. The van der Waals surface area contributed by atoms with Crippen molar-refractivity contribution in [1.29, 1.82) is 0 Å². The molecule has 2 nitrogen and oxygen atoms in total. The Morgan fingerprint density at radius 2 is 1.33 bits per heavy atom. The lowest BCUT2D eigenvalue weighted by atomic mass is 9.89. The van der Waals surface area contributed by atoms with Crippen LogP contribution >= 0.6 is 0 Å². The van der Waals surface area contributed by atoms with Crippen LogP contribution in [0.1, 0.15) is 30.4 Å². The second-order valence-corrected chi connectivity index (χ2v) is 6.43. The summed E-state index contributed by atoms with van der Waals surface area (Å²) in [6.45, 7) is 2.09. The Kier molecular flexibility index (Phi) is 2.52. The van der Waals surface area contributed by atoms with E-state index in [1.807, 2.05) is 24.3 Å². The zero-order valence-corrected chi connectivity index (χ0v) is 10.9. The number of fused-ring (bicyclic) bond motifs is 2. The molecule has 1 heterocycles. The van der Waals surface area contributed by atoms with E-state index in [4.69, 9.17) is 0 Å². The lowest BCUT2D eigenvalue weighted by Gasteiger charge is -2.27. The standard InChI is InChI=1S/C15H14O2S/c1-2-11-12-7-3-5-9-14(12)18(16,17)15-10-6-4-8-13(11)15/h3-11H,2H2,1H3. The van der Waals surface area contributed by atoms with Crippen molar-refractivity contribution in [3.05, 3.63) is 59.7 Å². The van der Waals surface area contributed by atoms with E-state index in [9.17, 15) is 8.42 Å². The topological polar surface area (TPSA) is 34.1 Å². The van der Waals surface area contributed by atoms with Gasteiger partial charge < -0.3 is 0 Å². The molecule has 0 radical (unpaired) electrons. The normalized spacial score (nSPS) is 16.9. The fraction of sp³-hybridized carbons (Fsp3) is 0.200. The summed E-state index contributed by atoms with van der Waals surface area (Å²) in [6, 6.07) is 14.7. The van der Waals surface area contributed by atoms with Crippen LogP contribution in [0.5, 0.6) is 0 Å². The van der Waals surface area contributed by atoms with Gasteiger partial charge in [0.05, 0.1) is 9.79 Å². The summed E-state index contributed by atoms with van der Waals surface area (Å²) >= 11 is 0. The summed E-state index contributed by atoms with van der Waals surface area (Å²) in [5.41, 5.74) is 1.86. The van der Waals surface area contributed by atoms with Crippen LogP contribution in [-0.2, 0) is 9.84 Å². The summed E-state index contributed by atoms with van der Waals surface area (Å²) in [5, 5.41) is 0. The van der Waals surface area contributed by atoms with E-state index in [0.29, 0.717) is 9.79 Å². The van der Waals surface area contributed by atoms with Gasteiger partial charge in [0.1, 0.15) is 0 Å². The number of sulfone groups is 1. The molecule has 92 valence electrons. The lowest BCUT2D eigenvalue weighted by Crippen LogP contribution is -2.18. The molecule has 0 spiro atoms. The molecule has 1 aliphatic heterocycles. The van der Waals surface area contributed by atoms with Crippen LogP contribution in [0, 0.1) is 0 Å². The van der Waals surface area contributed by atoms with Crippen molar-refractivity contribution in [3.63, 3.8) is 0 Å². The van der Waals surface area contributed by atoms with Gasteiger partial charge in [-0.25, -0.2) is 8.42 Å². The molecule has 1 aliphatic rings. The first-order valence-electron chi connectivity index (χ1n) is 6.09. The third-order valence-corrected chi connectivity index (χ3v) is 5.48. The zero-order chi connectivity index (χ0) is 12.8. The van der Waals surface area contributed by atoms with Crippen molar-refractivity contribution in [1.82, 2.24) is 0 Å². The Bertz CT molecular complexity index is 648. The summed E-state index contributed by atoms with van der Waals surface area (Å²) in [6.07, 6.45) is 0.906. The Labute approximate surface area is 107 Å². The molecule has 0 saturated carbocycles. The van der Waals surface area contributed by atoms with E-state index >= 15 is 0 Å². The van der Waals surface area contributed by atoms with Crippen LogP contribution in [0.15, 0.2) is 58.3 Å². The summed E-state index contributed by atoms with van der Waals surface area (Å²) in [4.78, 5) is 0.936. The Hall–Kier alpha value is -1.61. The van der Waals surface area contributed by atoms with Gasteiger partial charge in [-0.1, -0.05) is 43.3 Å². The average Bonchev–Trinajstić information content (AvgIpc) is 2.40. The maximum Gasteiger partial charge on any atom is 0.207 e. The van der Waals surface area contributed by atoms with Crippen molar-refractivity contribution in [2.24, 2.45) is 0 Å². The van der Waals surface area contributed by atoms with E-state index in [1.165, 1.54) is 0 Å². The van der Waals surface area contributed by atoms with Crippen LogP contribution in [0.3, 0.4) is 0 Å². The summed E-state index contributed by atoms with van der Waals surface area (Å²) in [7, 11) is -3.34. The smallest absolute Gasteiger partial charge is 0.207 e. The highest BCUT2D eigenvalue weighted by Gasteiger charge is 2.33. The van der Waals surface area contributed by atoms with Gasteiger partial charge in [-0.05, 0) is 29.7 Å². The fourth-order valence-corrected chi connectivity index (χ4v) is 4.55. The molecule has 0 saturated heterocycles. The van der Waals surface area contributed by atoms with Crippen LogP contribution in [0.4, 0.5) is 0 Å². The zero-order valence-electron chi connectivity index (χ0n) is 10.1. The molecule has 2 aromatic rings. The quantitative estimate of drug-likeness (QED) is 0.786. The van der Waals surface area contributed by atoms with E-state index < -0.39 is 9.84 Å². The molecule has 0 N–H and O–H groups in total. The van der Waals surface area contributed by atoms with Gasteiger partial charge in [0.25, 0.3) is 0 Å². The molecular weight excluding hydrogens is 244 g/mol. The second-order valence-electron chi connectivity index (χ2n) is 4.54. The third kappa shape index (κ3) is 1.44. The van der Waals surface area contributed by atoms with Crippen molar-refractivity contribution in [2.75, 3.05) is 0 Å². The monoisotopic (exact) mass is 258 g/mol. The van der Waals surface area contributed by atoms with Gasteiger partial charge in [-0.2, -0.15) is 0 Å². The Morgan fingerprint density at radius 3 is 1.78 bits per heavy atom. The van der Waals surface area contributed by atoms with Gasteiger partial charge in [0, 0.05) is 5.92 Å². The third-order valence-electron chi connectivity index (χ3n) is 3.58. The predicted octanol–water partition coefficient (Wildman–Crippen LogP) is 3.37. The molecule has 3 rings (SSSR count). The molecule has 0 unspecified atom stereocenters. The maximum absolute atomic E-state index is 12.6. The first-order chi connectivity index (χ1) is 8.66. The van der Waals surface area contributed by atoms with Crippen LogP contribution in [0.25, 0.3) is 0 Å². The molecule has 0 amide bonds. The second kappa shape index (κ2) is 3.95. The van der Waals surface area contributed by atoms with Crippen LogP contribution in [-0.4, -0.2) is 8.42 Å². The van der Waals surface area contributed by atoms with Crippen LogP contribution in [0.2, 0.25) is 0 Å². The van der Waals surface area contributed by atoms with E-state index in [2.05, 4.69) is 6.92 Å². The molecule has 0 atom stereocenters. The highest BCUT2D eigenvalue weighted by molar-refractivity contribution is 7.91. The fourth-order valence-electron chi connectivity index (χ4n) is 2.75. The van der Waals surface area contributed by atoms with E-state index in [1.54, 1.807) is 24.3 Å². The number of benzene rings is 2. The van der Waals surface area contributed by atoms with Crippen molar-refractivity contribution in [2.45, 2.75) is 29.1 Å². The van der Waals surface area contributed by atoms with E-state index in [-0.39, 0.29) is 5.92 Å². The predicted molar refractivity (Wildman–Crippen MR) is 70.5 cm³/mol.